The van der Waals surface area contributed by atoms with Gasteiger partial charge in [-0.1, -0.05) is 140 Å². The van der Waals surface area contributed by atoms with Gasteiger partial charge in [-0.25, -0.2) is 0 Å². The maximum atomic E-state index is 12.9. The van der Waals surface area contributed by atoms with E-state index in [2.05, 4.69) is 65.9 Å². The minimum absolute atomic E-state index is 0.00452. The molecule has 1 atom stereocenters. The zero-order chi connectivity index (χ0) is 35.2. The van der Waals surface area contributed by atoms with Gasteiger partial charge in [-0.2, -0.15) is 0 Å². The van der Waals surface area contributed by atoms with Gasteiger partial charge in [-0.15, -0.1) is 0 Å². The molecule has 0 aromatic carbocycles. The molecule has 0 radical (unpaired) electrons. The first-order chi connectivity index (χ1) is 23.5. The van der Waals surface area contributed by atoms with Crippen molar-refractivity contribution in [3.8, 4) is 0 Å². The maximum absolute atomic E-state index is 12.9. The molecule has 2 amide bonds. The van der Waals surface area contributed by atoms with E-state index < -0.39 is 6.04 Å². The van der Waals surface area contributed by atoms with E-state index in [4.69, 9.17) is 11.5 Å². The van der Waals surface area contributed by atoms with E-state index >= 15 is 0 Å². The fourth-order valence-electron chi connectivity index (χ4n) is 5.66. The third-order valence-corrected chi connectivity index (χ3v) is 8.71. The zero-order valence-electron chi connectivity index (χ0n) is 31.5. The molecule has 0 aromatic rings. The lowest BCUT2D eigenvalue weighted by Crippen LogP contribution is -2.47. The molecule has 0 bridgehead atoms. The minimum Gasteiger partial charge on any atom is -0.370 e. The number of nitrogens with two attached hydrogens (primary N) is 2. The fourth-order valence-corrected chi connectivity index (χ4v) is 5.66. The molecular formula is C41H77N5O2. The predicted octanol–water partition coefficient (Wildman–Crippen LogP) is 10.1. The summed E-state index contributed by atoms with van der Waals surface area (Å²) in [7, 11) is 0. The molecule has 0 aromatic heterocycles. The molecule has 0 rings (SSSR count). The maximum Gasteiger partial charge on any atom is 0.242 e. The number of nitrogens with zero attached hydrogens (tertiary/aromatic N) is 1. The van der Waals surface area contributed by atoms with Gasteiger partial charge in [0.05, 0.1) is 0 Å². The number of amides is 2. The Balaban J connectivity index is 3.99. The van der Waals surface area contributed by atoms with Crippen LogP contribution in [0.4, 0.5) is 0 Å². The molecule has 0 aliphatic rings. The summed E-state index contributed by atoms with van der Waals surface area (Å²) >= 11 is 0. The Kier molecular flexibility index (Phi) is 35.3. The van der Waals surface area contributed by atoms with Gasteiger partial charge in [-0.3, -0.25) is 14.6 Å². The van der Waals surface area contributed by atoms with Crippen LogP contribution in [0.15, 0.2) is 41.4 Å². The Bertz CT molecular complexity index is 848. The Morgan fingerprint density at radius 3 is 1.56 bits per heavy atom. The van der Waals surface area contributed by atoms with Crippen LogP contribution in [0.3, 0.4) is 0 Å². The molecule has 0 saturated carbocycles. The van der Waals surface area contributed by atoms with Gasteiger partial charge in [0.25, 0.3) is 0 Å². The van der Waals surface area contributed by atoms with E-state index in [1.54, 1.807) is 0 Å². The average Bonchev–Trinajstić information content (AvgIpc) is 3.07. The lowest BCUT2D eigenvalue weighted by atomic mass is 10.1. The van der Waals surface area contributed by atoms with E-state index in [0.717, 1.165) is 51.4 Å². The Morgan fingerprint density at radius 2 is 1.02 bits per heavy atom. The number of unbranched alkanes of at least 4 members (excludes halogenated alkanes) is 20. The second kappa shape index (κ2) is 37.3. The lowest BCUT2D eigenvalue weighted by molar-refractivity contribution is -0.129. The van der Waals surface area contributed by atoms with Gasteiger partial charge in [-0.05, 0) is 77.0 Å². The molecule has 48 heavy (non-hydrogen) atoms. The number of nitrogens with one attached hydrogen (secondary N) is 2. The SMILES string of the molecule is CCCCC/C=C\C/C=C\CCCCCCCCNC(=O)C(CCN=C(N)N)NC(=O)CCCCCCC/C=C\CCCCCCCC. The van der Waals surface area contributed by atoms with Crippen LogP contribution in [0, 0.1) is 0 Å². The van der Waals surface area contributed by atoms with Crippen LogP contribution in [0.1, 0.15) is 187 Å². The summed E-state index contributed by atoms with van der Waals surface area (Å²) in [4.78, 5) is 29.5. The van der Waals surface area contributed by atoms with Crippen LogP contribution in [-0.2, 0) is 9.59 Å². The highest BCUT2D eigenvalue weighted by atomic mass is 16.2. The number of guanidine groups is 1. The molecule has 0 heterocycles. The molecule has 1 unspecified atom stereocenters. The van der Waals surface area contributed by atoms with Gasteiger partial charge in [0.15, 0.2) is 5.96 Å². The predicted molar refractivity (Wildman–Crippen MR) is 209 cm³/mol. The number of carbonyl (C=O) groups excluding carboxylic acids is 2. The van der Waals surface area contributed by atoms with Gasteiger partial charge in [0.2, 0.25) is 11.8 Å². The summed E-state index contributed by atoms with van der Waals surface area (Å²) < 4.78 is 0. The van der Waals surface area contributed by atoms with Gasteiger partial charge in [0, 0.05) is 19.5 Å². The van der Waals surface area contributed by atoms with Crippen molar-refractivity contribution in [3.63, 3.8) is 0 Å². The highest BCUT2D eigenvalue weighted by Gasteiger charge is 2.20. The number of carbonyl (C=O) groups is 2. The second-order valence-electron chi connectivity index (χ2n) is 13.4. The Morgan fingerprint density at radius 1 is 0.583 bits per heavy atom. The number of hydrogen-bond donors (Lipinski definition) is 4. The third kappa shape index (κ3) is 34.8. The van der Waals surface area contributed by atoms with Crippen LogP contribution >= 0.6 is 0 Å². The first-order valence-corrected chi connectivity index (χ1v) is 20.1. The molecule has 0 fully saturated rings. The van der Waals surface area contributed by atoms with Gasteiger partial charge < -0.3 is 22.1 Å². The van der Waals surface area contributed by atoms with Crippen LogP contribution < -0.4 is 22.1 Å². The van der Waals surface area contributed by atoms with Crippen molar-refractivity contribution in [2.45, 2.75) is 193 Å². The monoisotopic (exact) mass is 672 g/mol. The van der Waals surface area contributed by atoms with Crippen molar-refractivity contribution < 1.29 is 9.59 Å². The molecule has 0 spiro atoms. The van der Waals surface area contributed by atoms with E-state index in [1.165, 1.54) is 109 Å². The number of rotatable bonds is 35. The van der Waals surface area contributed by atoms with Crippen molar-refractivity contribution >= 4 is 17.8 Å². The molecule has 7 heteroatoms. The van der Waals surface area contributed by atoms with E-state index in [9.17, 15) is 9.59 Å². The topological polar surface area (TPSA) is 123 Å². The van der Waals surface area contributed by atoms with E-state index in [-0.39, 0.29) is 17.8 Å². The molecule has 0 aliphatic carbocycles. The van der Waals surface area contributed by atoms with Crippen molar-refractivity contribution in [1.82, 2.24) is 10.6 Å². The largest absolute Gasteiger partial charge is 0.370 e. The number of hydrogen-bond acceptors (Lipinski definition) is 3. The van der Waals surface area contributed by atoms with Crippen LogP contribution in [0.5, 0.6) is 0 Å². The van der Waals surface area contributed by atoms with Crippen molar-refractivity contribution in [1.29, 1.82) is 0 Å². The number of allylic oxidation sites excluding steroid dienone is 6. The summed E-state index contributed by atoms with van der Waals surface area (Å²) in [5.41, 5.74) is 10.9. The summed E-state index contributed by atoms with van der Waals surface area (Å²) in [6.45, 7) is 5.43. The highest BCUT2D eigenvalue weighted by molar-refractivity contribution is 5.87. The summed E-state index contributed by atoms with van der Waals surface area (Å²) in [5.74, 6) is -0.234. The lowest BCUT2D eigenvalue weighted by Gasteiger charge is -2.18. The third-order valence-electron chi connectivity index (χ3n) is 8.71. The van der Waals surface area contributed by atoms with Crippen molar-refractivity contribution in [3.05, 3.63) is 36.5 Å². The molecule has 278 valence electrons. The molecular weight excluding hydrogens is 594 g/mol. The standard InChI is InChI=1S/C41H77N5O2/c1-3-5-7-9-11-13-15-17-19-21-23-25-27-29-31-33-36-44-40(48)38(35-37-45-41(42)43)46-39(47)34-32-30-28-26-24-22-20-18-16-14-12-10-8-6-4-2/h11,13,17-20,38H,3-10,12,14-16,21-37H2,1-2H3,(H,44,48)(H,46,47)(H4,42,43,45)/b13-11-,19-17-,20-18-. The van der Waals surface area contributed by atoms with Crippen LogP contribution in [0.2, 0.25) is 0 Å². The van der Waals surface area contributed by atoms with Crippen molar-refractivity contribution in [2.75, 3.05) is 13.1 Å². The normalized spacial score (nSPS) is 12.3. The van der Waals surface area contributed by atoms with Gasteiger partial charge in [0.1, 0.15) is 6.04 Å². The smallest absolute Gasteiger partial charge is 0.242 e. The average molecular weight is 672 g/mol. The number of aliphatic imine (C=N–C) groups is 1. The van der Waals surface area contributed by atoms with Crippen LogP contribution in [-0.4, -0.2) is 36.9 Å². The molecule has 0 aliphatic heterocycles. The second-order valence-corrected chi connectivity index (χ2v) is 13.4. The summed E-state index contributed by atoms with van der Waals surface area (Å²) in [6, 6.07) is -0.617. The quantitative estimate of drug-likeness (QED) is 0.0232. The first kappa shape index (κ1) is 45.4. The highest BCUT2D eigenvalue weighted by Crippen LogP contribution is 2.11. The van der Waals surface area contributed by atoms with E-state index in [1.807, 2.05) is 0 Å². The fraction of sp³-hybridized carbons (Fsp3) is 0.780. The summed E-state index contributed by atoms with van der Waals surface area (Å²) in [6.07, 6.45) is 44.9. The Hall–Kier alpha value is -2.57. The van der Waals surface area contributed by atoms with E-state index in [0.29, 0.717) is 25.9 Å². The van der Waals surface area contributed by atoms with Crippen molar-refractivity contribution in [2.24, 2.45) is 16.5 Å². The first-order valence-electron chi connectivity index (χ1n) is 20.1. The minimum atomic E-state index is -0.617. The zero-order valence-corrected chi connectivity index (χ0v) is 31.5. The molecule has 6 N–H and O–H groups in total. The van der Waals surface area contributed by atoms with Crippen LogP contribution in [0.25, 0.3) is 0 Å². The molecule has 7 nitrogen and oxygen atoms in total. The summed E-state index contributed by atoms with van der Waals surface area (Å²) in [5, 5.41) is 5.94. The Labute approximate surface area is 296 Å². The molecule has 0 saturated heterocycles. The van der Waals surface area contributed by atoms with Gasteiger partial charge >= 0.3 is 0 Å².